The molecule has 1 heterocycles. The number of thiazole rings is 1. The first-order valence-corrected chi connectivity index (χ1v) is 6.99. The van der Waals surface area contributed by atoms with E-state index in [1.54, 1.807) is 0 Å². The van der Waals surface area contributed by atoms with E-state index in [0.29, 0.717) is 6.04 Å². The summed E-state index contributed by atoms with van der Waals surface area (Å²) in [5.74, 6) is 0. The highest BCUT2D eigenvalue weighted by molar-refractivity contribution is 7.09. The van der Waals surface area contributed by atoms with Crippen LogP contribution in [0.3, 0.4) is 0 Å². The Hall–Kier alpha value is -1.39. The van der Waals surface area contributed by atoms with Crippen LogP contribution in [0.2, 0.25) is 0 Å². The van der Waals surface area contributed by atoms with Gasteiger partial charge in [-0.1, -0.05) is 55.5 Å². The van der Waals surface area contributed by atoms with Crippen LogP contribution in [0, 0.1) is 0 Å². The maximum absolute atomic E-state index is 11.5. The van der Waals surface area contributed by atoms with E-state index in [0.717, 1.165) is 29.1 Å². The largest absolute Gasteiger partial charge is 0.314 e. The number of benzene rings is 1. The van der Waals surface area contributed by atoms with Crippen molar-refractivity contribution in [2.24, 2.45) is 0 Å². The second kappa shape index (κ2) is 5.98. The zero-order valence-electron chi connectivity index (χ0n) is 10.7. The number of H-pyrrole nitrogens is 1. The molecule has 1 aromatic heterocycles. The Balaban J connectivity index is 2.18. The molecule has 0 radical (unpaired) electrons. The van der Waals surface area contributed by atoms with Gasteiger partial charge in [0.2, 0.25) is 0 Å². The summed E-state index contributed by atoms with van der Waals surface area (Å²) >= 11 is 1.31. The number of aromatic amines is 1. The Morgan fingerprint density at radius 1 is 1.28 bits per heavy atom. The predicted octanol–water partition coefficient (Wildman–Crippen LogP) is 2.64. The molecule has 2 N–H and O–H groups in total. The number of hydrogen-bond acceptors (Lipinski definition) is 3. The number of hydrogen-bond donors (Lipinski definition) is 2. The summed E-state index contributed by atoms with van der Waals surface area (Å²) in [5, 5.41) is 3.37. The highest BCUT2D eigenvalue weighted by atomic mass is 32.1. The van der Waals surface area contributed by atoms with Gasteiger partial charge in [0, 0.05) is 17.5 Å². The van der Waals surface area contributed by atoms with E-state index in [1.807, 2.05) is 30.3 Å². The lowest BCUT2D eigenvalue weighted by Crippen LogP contribution is -2.24. The van der Waals surface area contributed by atoms with Crippen molar-refractivity contribution in [3.05, 3.63) is 44.9 Å². The highest BCUT2D eigenvalue weighted by Gasteiger charge is 2.09. The van der Waals surface area contributed by atoms with E-state index in [-0.39, 0.29) is 4.87 Å². The summed E-state index contributed by atoms with van der Waals surface area (Å²) in [6.45, 7) is 5.14. The Labute approximate surface area is 111 Å². The number of nitrogens with one attached hydrogen (secondary N) is 2. The van der Waals surface area contributed by atoms with Gasteiger partial charge in [0.1, 0.15) is 0 Å². The van der Waals surface area contributed by atoms with Gasteiger partial charge in [0.25, 0.3) is 0 Å². The monoisotopic (exact) mass is 262 g/mol. The molecule has 0 saturated heterocycles. The summed E-state index contributed by atoms with van der Waals surface area (Å²) in [5.41, 5.74) is 2.05. The first kappa shape index (κ1) is 13.1. The van der Waals surface area contributed by atoms with Gasteiger partial charge in [-0.25, -0.2) is 0 Å². The molecule has 0 amide bonds. The van der Waals surface area contributed by atoms with Crippen LogP contribution >= 0.6 is 11.3 Å². The lowest BCUT2D eigenvalue weighted by atomic mass is 10.1. The van der Waals surface area contributed by atoms with Crippen molar-refractivity contribution in [3.8, 4) is 11.3 Å². The SMILES string of the molecule is CC(C)NCCc1sc(=O)[nH]c1-c1ccccc1. The Bertz CT molecular complexity index is 542. The van der Waals surface area contributed by atoms with Crippen LogP contribution in [0.5, 0.6) is 0 Å². The van der Waals surface area contributed by atoms with Gasteiger partial charge in [-0.05, 0) is 12.0 Å². The van der Waals surface area contributed by atoms with Crippen LogP contribution in [0.4, 0.5) is 0 Å². The molecule has 96 valence electrons. The molecular formula is C14H18N2OS. The van der Waals surface area contributed by atoms with E-state index < -0.39 is 0 Å². The summed E-state index contributed by atoms with van der Waals surface area (Å²) in [4.78, 5) is 15.6. The smallest absolute Gasteiger partial charge is 0.305 e. The molecule has 0 spiro atoms. The number of rotatable bonds is 5. The third-order valence-corrected chi connectivity index (χ3v) is 3.63. The maximum atomic E-state index is 11.5. The van der Waals surface area contributed by atoms with Crippen molar-refractivity contribution in [1.29, 1.82) is 0 Å². The minimum atomic E-state index is 0.0217. The topological polar surface area (TPSA) is 44.9 Å². The van der Waals surface area contributed by atoms with Crippen LogP contribution in [-0.2, 0) is 6.42 Å². The fourth-order valence-corrected chi connectivity index (χ4v) is 2.70. The third kappa shape index (κ3) is 3.31. The average Bonchev–Trinajstić information content (AvgIpc) is 2.71. The van der Waals surface area contributed by atoms with Gasteiger partial charge in [-0.2, -0.15) is 0 Å². The zero-order valence-corrected chi connectivity index (χ0v) is 11.5. The zero-order chi connectivity index (χ0) is 13.0. The van der Waals surface area contributed by atoms with Crippen LogP contribution in [0.1, 0.15) is 18.7 Å². The first-order chi connectivity index (χ1) is 8.66. The summed E-state index contributed by atoms with van der Waals surface area (Å²) < 4.78 is 0. The molecule has 18 heavy (non-hydrogen) atoms. The number of aromatic nitrogens is 1. The molecule has 0 fully saturated rings. The quantitative estimate of drug-likeness (QED) is 0.870. The molecule has 2 aromatic rings. The van der Waals surface area contributed by atoms with E-state index in [1.165, 1.54) is 11.3 Å². The van der Waals surface area contributed by atoms with Gasteiger partial charge in [0.05, 0.1) is 5.69 Å². The van der Waals surface area contributed by atoms with Crippen molar-refractivity contribution in [1.82, 2.24) is 10.3 Å². The van der Waals surface area contributed by atoms with E-state index in [2.05, 4.69) is 24.1 Å². The Morgan fingerprint density at radius 2 is 2.00 bits per heavy atom. The van der Waals surface area contributed by atoms with Crippen LogP contribution in [0.15, 0.2) is 35.1 Å². The van der Waals surface area contributed by atoms with Gasteiger partial charge < -0.3 is 10.3 Å². The third-order valence-electron chi connectivity index (χ3n) is 2.69. The molecule has 0 bridgehead atoms. The van der Waals surface area contributed by atoms with Crippen molar-refractivity contribution < 1.29 is 0 Å². The minimum Gasteiger partial charge on any atom is -0.314 e. The molecule has 1 aromatic carbocycles. The second-order valence-electron chi connectivity index (χ2n) is 4.54. The molecule has 0 aliphatic heterocycles. The lowest BCUT2D eigenvalue weighted by molar-refractivity contribution is 0.592. The lowest BCUT2D eigenvalue weighted by Gasteiger charge is -2.07. The van der Waals surface area contributed by atoms with E-state index in [9.17, 15) is 4.79 Å². The van der Waals surface area contributed by atoms with Crippen molar-refractivity contribution >= 4 is 11.3 Å². The Morgan fingerprint density at radius 3 is 2.67 bits per heavy atom. The molecule has 0 atom stereocenters. The highest BCUT2D eigenvalue weighted by Crippen LogP contribution is 2.23. The second-order valence-corrected chi connectivity index (χ2v) is 5.61. The van der Waals surface area contributed by atoms with E-state index >= 15 is 0 Å². The predicted molar refractivity (Wildman–Crippen MR) is 77.2 cm³/mol. The molecular weight excluding hydrogens is 244 g/mol. The van der Waals surface area contributed by atoms with Crippen molar-refractivity contribution in [2.75, 3.05) is 6.54 Å². The molecule has 2 rings (SSSR count). The van der Waals surface area contributed by atoms with E-state index in [4.69, 9.17) is 0 Å². The van der Waals surface area contributed by atoms with Gasteiger partial charge in [-0.15, -0.1) is 0 Å². The summed E-state index contributed by atoms with van der Waals surface area (Å²) in [6, 6.07) is 10.5. The molecule has 3 nitrogen and oxygen atoms in total. The van der Waals surface area contributed by atoms with Gasteiger partial charge in [-0.3, -0.25) is 4.79 Å². The molecule has 0 aliphatic carbocycles. The summed E-state index contributed by atoms with van der Waals surface area (Å²) in [7, 11) is 0. The minimum absolute atomic E-state index is 0.0217. The fourth-order valence-electron chi connectivity index (χ4n) is 1.85. The summed E-state index contributed by atoms with van der Waals surface area (Å²) in [6.07, 6.45) is 0.881. The standard InChI is InChI=1S/C14H18N2OS/c1-10(2)15-9-8-12-13(16-14(17)18-12)11-6-4-3-5-7-11/h3-7,10,15H,8-9H2,1-2H3,(H,16,17). The first-order valence-electron chi connectivity index (χ1n) is 6.17. The average molecular weight is 262 g/mol. The normalized spacial score (nSPS) is 11.1. The fraction of sp³-hybridized carbons (Fsp3) is 0.357. The maximum Gasteiger partial charge on any atom is 0.305 e. The van der Waals surface area contributed by atoms with Crippen molar-refractivity contribution in [3.63, 3.8) is 0 Å². The molecule has 0 unspecified atom stereocenters. The van der Waals surface area contributed by atoms with Gasteiger partial charge in [0.15, 0.2) is 0 Å². The van der Waals surface area contributed by atoms with Crippen LogP contribution in [-0.4, -0.2) is 17.6 Å². The Kier molecular flexibility index (Phi) is 4.33. The van der Waals surface area contributed by atoms with Gasteiger partial charge >= 0.3 is 4.87 Å². The van der Waals surface area contributed by atoms with Crippen LogP contribution < -0.4 is 10.2 Å². The van der Waals surface area contributed by atoms with Crippen LogP contribution in [0.25, 0.3) is 11.3 Å². The molecule has 4 heteroatoms. The molecule has 0 saturated carbocycles. The van der Waals surface area contributed by atoms with Crippen molar-refractivity contribution in [2.45, 2.75) is 26.3 Å². The molecule has 0 aliphatic rings.